The molecule has 126 valence electrons. The number of carbonyl (C=O) groups excluding carboxylic acids is 1. The van der Waals surface area contributed by atoms with Crippen LogP contribution in [-0.4, -0.2) is 20.0 Å². The highest BCUT2D eigenvalue weighted by molar-refractivity contribution is 7.89. The molecule has 1 aromatic carbocycles. The molecule has 23 heavy (non-hydrogen) atoms. The third kappa shape index (κ3) is 2.64. The van der Waals surface area contributed by atoms with Gasteiger partial charge in [0.1, 0.15) is 5.78 Å². The van der Waals surface area contributed by atoms with Gasteiger partial charge < -0.3 is 0 Å². The number of fused-ring (bicyclic) bond motifs is 2. The number of sulfonamides is 1. The number of hydrogen-bond donors (Lipinski definition) is 1. The van der Waals surface area contributed by atoms with E-state index in [-0.39, 0.29) is 23.0 Å². The Labute approximate surface area is 138 Å². The zero-order valence-electron chi connectivity index (χ0n) is 14.0. The van der Waals surface area contributed by atoms with Crippen molar-refractivity contribution in [3.63, 3.8) is 0 Å². The Morgan fingerprint density at radius 3 is 2.43 bits per heavy atom. The molecule has 0 aromatic heterocycles. The van der Waals surface area contributed by atoms with Crippen LogP contribution in [0, 0.1) is 16.7 Å². The van der Waals surface area contributed by atoms with Gasteiger partial charge in [0.2, 0.25) is 10.0 Å². The summed E-state index contributed by atoms with van der Waals surface area (Å²) in [6.45, 7) is 5.96. The van der Waals surface area contributed by atoms with E-state index < -0.39 is 15.4 Å². The Morgan fingerprint density at radius 2 is 1.91 bits per heavy atom. The number of Topliss-reactive ketones (excluding diaryl/α,β-unsaturated/α-hetero) is 1. The molecule has 0 unspecified atom stereocenters. The molecule has 0 aliphatic heterocycles. The van der Waals surface area contributed by atoms with E-state index >= 15 is 0 Å². The molecule has 1 aromatic rings. The Kier molecular flexibility index (Phi) is 3.92. The normalized spacial score (nSPS) is 30.6. The second-order valence-corrected chi connectivity index (χ2v) is 9.43. The van der Waals surface area contributed by atoms with Crippen LogP contribution in [-0.2, 0) is 14.8 Å². The minimum atomic E-state index is -3.53. The fourth-order valence-electron chi connectivity index (χ4n) is 4.55. The summed E-state index contributed by atoms with van der Waals surface area (Å²) in [5.74, 6) is 0.382. The van der Waals surface area contributed by atoms with Gasteiger partial charge in [-0.15, -0.1) is 0 Å². The second-order valence-electron chi connectivity index (χ2n) is 7.68. The second kappa shape index (κ2) is 5.42. The Hall–Kier alpha value is -1.20. The molecule has 0 spiro atoms. The molecule has 3 rings (SSSR count). The summed E-state index contributed by atoms with van der Waals surface area (Å²) >= 11 is 0. The monoisotopic (exact) mass is 335 g/mol. The molecule has 1 N–H and O–H groups in total. The number of benzene rings is 1. The SMILES string of the molecule is C[C@H](NS(=O)(=O)C[C@@]12CC[C@@H](CC1=O)C2(C)C)c1ccccc1. The molecular weight excluding hydrogens is 310 g/mol. The van der Waals surface area contributed by atoms with E-state index in [9.17, 15) is 13.2 Å². The maximum atomic E-state index is 12.7. The predicted octanol–water partition coefficient (Wildman–Crippen LogP) is 3.06. The minimum absolute atomic E-state index is 0.0838. The molecule has 3 atom stereocenters. The maximum Gasteiger partial charge on any atom is 0.213 e. The van der Waals surface area contributed by atoms with Crippen molar-refractivity contribution in [3.8, 4) is 0 Å². The molecule has 2 aliphatic carbocycles. The molecular formula is C18H25NO3S. The standard InChI is InChI=1S/C18H25NO3S/c1-13(14-7-5-4-6-8-14)19-23(21,22)12-18-10-9-15(11-16(18)20)17(18,2)3/h4-8,13,15,19H,9-12H2,1-3H3/t13-,15-,18-/m0/s1. The summed E-state index contributed by atoms with van der Waals surface area (Å²) in [5.41, 5.74) is -0.00997. The number of nitrogens with one attached hydrogen (secondary N) is 1. The lowest BCUT2D eigenvalue weighted by Crippen LogP contribution is -2.45. The lowest BCUT2D eigenvalue weighted by molar-refractivity contribution is -0.128. The fourth-order valence-corrected chi connectivity index (χ4v) is 6.64. The van der Waals surface area contributed by atoms with Gasteiger partial charge in [-0.2, -0.15) is 0 Å². The summed E-state index contributed by atoms with van der Waals surface area (Å²) in [6.07, 6.45) is 2.20. The van der Waals surface area contributed by atoms with Gasteiger partial charge in [-0.1, -0.05) is 44.2 Å². The molecule has 4 nitrogen and oxygen atoms in total. The smallest absolute Gasteiger partial charge is 0.213 e. The van der Waals surface area contributed by atoms with Crippen LogP contribution < -0.4 is 4.72 Å². The zero-order chi connectivity index (χ0) is 16.9. The third-order valence-electron chi connectivity index (χ3n) is 6.23. The number of carbonyl (C=O) groups is 1. The van der Waals surface area contributed by atoms with Gasteiger partial charge in [-0.25, -0.2) is 13.1 Å². The van der Waals surface area contributed by atoms with Gasteiger partial charge in [0.15, 0.2) is 0 Å². The van der Waals surface area contributed by atoms with Crippen molar-refractivity contribution < 1.29 is 13.2 Å². The van der Waals surface area contributed by atoms with Crippen LogP contribution in [0.4, 0.5) is 0 Å². The zero-order valence-corrected chi connectivity index (χ0v) is 14.8. The largest absolute Gasteiger partial charge is 0.299 e. The lowest BCUT2D eigenvalue weighted by Gasteiger charge is -2.36. The molecule has 0 radical (unpaired) electrons. The van der Waals surface area contributed by atoms with E-state index in [0.717, 1.165) is 12.0 Å². The Morgan fingerprint density at radius 1 is 1.26 bits per heavy atom. The van der Waals surface area contributed by atoms with Crippen molar-refractivity contribution in [2.75, 3.05) is 5.75 Å². The van der Waals surface area contributed by atoms with Crippen LogP contribution in [0.2, 0.25) is 0 Å². The quantitative estimate of drug-likeness (QED) is 0.899. The minimum Gasteiger partial charge on any atom is -0.299 e. The van der Waals surface area contributed by atoms with Gasteiger partial charge in [0.05, 0.1) is 5.75 Å². The average molecular weight is 335 g/mol. The third-order valence-corrected chi connectivity index (χ3v) is 7.82. The molecule has 2 bridgehead atoms. The van der Waals surface area contributed by atoms with Crippen LogP contribution in [0.5, 0.6) is 0 Å². The van der Waals surface area contributed by atoms with E-state index in [0.29, 0.717) is 18.8 Å². The summed E-state index contributed by atoms with van der Waals surface area (Å²) < 4.78 is 28.2. The van der Waals surface area contributed by atoms with Gasteiger partial charge >= 0.3 is 0 Å². The molecule has 2 saturated carbocycles. The number of hydrogen-bond acceptors (Lipinski definition) is 3. The van der Waals surface area contributed by atoms with Crippen molar-refractivity contribution in [3.05, 3.63) is 35.9 Å². The van der Waals surface area contributed by atoms with Crippen molar-refractivity contribution in [2.45, 2.75) is 46.1 Å². The van der Waals surface area contributed by atoms with Crippen molar-refractivity contribution in [1.82, 2.24) is 4.72 Å². The first kappa shape index (κ1) is 16.7. The fraction of sp³-hybridized carbons (Fsp3) is 0.611. The lowest BCUT2D eigenvalue weighted by atomic mass is 9.70. The van der Waals surface area contributed by atoms with Gasteiger partial charge in [-0.05, 0) is 36.7 Å². The highest BCUT2D eigenvalue weighted by Crippen LogP contribution is 2.64. The summed E-state index contributed by atoms with van der Waals surface area (Å²) in [4.78, 5) is 12.5. The van der Waals surface area contributed by atoms with Crippen LogP contribution in [0.1, 0.15) is 51.6 Å². The summed E-state index contributed by atoms with van der Waals surface area (Å²) in [7, 11) is -3.53. The predicted molar refractivity (Wildman–Crippen MR) is 90.3 cm³/mol. The van der Waals surface area contributed by atoms with Crippen LogP contribution in [0.25, 0.3) is 0 Å². The number of ketones is 1. The Bertz CT molecular complexity index is 711. The van der Waals surface area contributed by atoms with Gasteiger partial charge in [0, 0.05) is 17.9 Å². The van der Waals surface area contributed by atoms with E-state index in [4.69, 9.17) is 0 Å². The van der Waals surface area contributed by atoms with Gasteiger partial charge in [0.25, 0.3) is 0 Å². The van der Waals surface area contributed by atoms with Gasteiger partial charge in [-0.3, -0.25) is 4.79 Å². The molecule has 2 fully saturated rings. The van der Waals surface area contributed by atoms with Crippen molar-refractivity contribution in [1.29, 1.82) is 0 Å². The van der Waals surface area contributed by atoms with E-state index in [2.05, 4.69) is 18.6 Å². The summed E-state index contributed by atoms with van der Waals surface area (Å²) in [5, 5.41) is 0. The molecule has 5 heteroatoms. The summed E-state index contributed by atoms with van der Waals surface area (Å²) in [6, 6.07) is 9.20. The number of rotatable bonds is 5. The molecule has 2 aliphatic rings. The Balaban J connectivity index is 1.80. The van der Waals surface area contributed by atoms with Crippen LogP contribution >= 0.6 is 0 Å². The average Bonchev–Trinajstić information content (AvgIpc) is 2.81. The topological polar surface area (TPSA) is 63.2 Å². The van der Waals surface area contributed by atoms with E-state index in [1.807, 2.05) is 37.3 Å². The maximum absolute atomic E-state index is 12.7. The van der Waals surface area contributed by atoms with Crippen molar-refractivity contribution in [2.24, 2.45) is 16.7 Å². The van der Waals surface area contributed by atoms with Crippen LogP contribution in [0.15, 0.2) is 30.3 Å². The first-order valence-corrected chi connectivity index (χ1v) is 9.91. The van der Waals surface area contributed by atoms with E-state index in [1.165, 1.54) is 0 Å². The molecule has 0 heterocycles. The first-order chi connectivity index (χ1) is 10.7. The van der Waals surface area contributed by atoms with E-state index in [1.54, 1.807) is 0 Å². The molecule has 0 saturated heterocycles. The highest BCUT2D eigenvalue weighted by atomic mass is 32.2. The van der Waals surface area contributed by atoms with Crippen LogP contribution in [0.3, 0.4) is 0 Å². The highest BCUT2D eigenvalue weighted by Gasteiger charge is 2.65. The molecule has 0 amide bonds. The van der Waals surface area contributed by atoms with Crippen molar-refractivity contribution >= 4 is 15.8 Å². The first-order valence-electron chi connectivity index (χ1n) is 8.26.